The van der Waals surface area contributed by atoms with E-state index in [1.165, 1.54) is 0 Å². The van der Waals surface area contributed by atoms with Gasteiger partial charge in [0.2, 0.25) is 15.9 Å². The molecule has 0 aliphatic heterocycles. The summed E-state index contributed by atoms with van der Waals surface area (Å²) in [5.41, 5.74) is 0.320. The largest absolute Gasteiger partial charge is 0.351 e. The highest BCUT2D eigenvalue weighted by Gasteiger charge is 2.22. The number of carbonyl (C=O) groups excluding carboxylic acids is 1. The maximum atomic E-state index is 12.0. The third-order valence-electron chi connectivity index (χ3n) is 2.53. The van der Waals surface area contributed by atoms with Crippen LogP contribution in [0.5, 0.6) is 0 Å². The van der Waals surface area contributed by atoms with Crippen molar-refractivity contribution in [3.05, 3.63) is 34.9 Å². The van der Waals surface area contributed by atoms with E-state index in [2.05, 4.69) is 10.0 Å². The highest BCUT2D eigenvalue weighted by molar-refractivity contribution is 7.88. The Bertz CT molecular complexity index is 592. The van der Waals surface area contributed by atoms with E-state index in [0.717, 1.165) is 6.26 Å². The lowest BCUT2D eigenvalue weighted by atomic mass is 10.0. The molecule has 1 aromatic rings. The van der Waals surface area contributed by atoms with E-state index in [-0.39, 0.29) is 17.9 Å². The zero-order chi connectivity index (χ0) is 16.3. The third kappa shape index (κ3) is 7.45. The van der Waals surface area contributed by atoms with Gasteiger partial charge in [0, 0.05) is 17.0 Å². The van der Waals surface area contributed by atoms with Crippen LogP contribution in [-0.2, 0) is 14.8 Å². The SMILES string of the molecule is CC(C)(C)NC(=O)C[C@@H](NS(C)(=O)=O)c1ccc(Cl)cc1. The molecular formula is C14H21ClN2O3S. The summed E-state index contributed by atoms with van der Waals surface area (Å²) in [5.74, 6) is -0.224. The fraction of sp³-hybridized carbons (Fsp3) is 0.500. The fourth-order valence-electron chi connectivity index (χ4n) is 1.84. The molecule has 0 heterocycles. The lowest BCUT2D eigenvalue weighted by Crippen LogP contribution is -2.42. The highest BCUT2D eigenvalue weighted by Crippen LogP contribution is 2.20. The molecule has 7 heteroatoms. The molecule has 1 atom stereocenters. The van der Waals surface area contributed by atoms with Crippen molar-refractivity contribution in [3.63, 3.8) is 0 Å². The third-order valence-corrected chi connectivity index (χ3v) is 3.50. The normalized spacial score (nSPS) is 13.8. The van der Waals surface area contributed by atoms with E-state index < -0.39 is 16.1 Å². The van der Waals surface area contributed by atoms with Crippen LogP contribution in [0.3, 0.4) is 0 Å². The number of benzene rings is 1. The Balaban J connectivity index is 2.93. The molecule has 1 amide bonds. The molecule has 0 bridgehead atoms. The first-order valence-corrected chi connectivity index (χ1v) is 8.77. The van der Waals surface area contributed by atoms with Crippen LogP contribution in [-0.4, -0.2) is 26.1 Å². The summed E-state index contributed by atoms with van der Waals surface area (Å²) in [4.78, 5) is 12.0. The topological polar surface area (TPSA) is 75.3 Å². The van der Waals surface area contributed by atoms with Crippen molar-refractivity contribution in [1.29, 1.82) is 0 Å². The molecule has 118 valence electrons. The lowest BCUT2D eigenvalue weighted by Gasteiger charge is -2.23. The summed E-state index contributed by atoms with van der Waals surface area (Å²) in [6.07, 6.45) is 1.09. The first-order valence-electron chi connectivity index (χ1n) is 6.50. The average molecular weight is 333 g/mol. The van der Waals surface area contributed by atoms with Crippen LogP contribution in [0.4, 0.5) is 0 Å². The van der Waals surface area contributed by atoms with Gasteiger partial charge in [0.1, 0.15) is 0 Å². The van der Waals surface area contributed by atoms with Crippen molar-refractivity contribution in [2.45, 2.75) is 38.8 Å². The number of carbonyl (C=O) groups is 1. The Morgan fingerprint density at radius 1 is 1.24 bits per heavy atom. The Morgan fingerprint density at radius 3 is 2.19 bits per heavy atom. The summed E-state index contributed by atoms with van der Waals surface area (Å²) >= 11 is 5.82. The van der Waals surface area contributed by atoms with Crippen LogP contribution in [0.25, 0.3) is 0 Å². The van der Waals surface area contributed by atoms with Gasteiger partial charge in [-0.2, -0.15) is 0 Å². The minimum atomic E-state index is -3.43. The smallest absolute Gasteiger partial charge is 0.222 e. The molecule has 0 spiro atoms. The lowest BCUT2D eigenvalue weighted by molar-refractivity contribution is -0.122. The molecule has 1 aromatic carbocycles. The summed E-state index contributed by atoms with van der Waals surface area (Å²) in [6, 6.07) is 6.11. The zero-order valence-electron chi connectivity index (χ0n) is 12.6. The Hall–Kier alpha value is -1.11. The van der Waals surface area contributed by atoms with E-state index in [1.54, 1.807) is 24.3 Å². The van der Waals surface area contributed by atoms with Crippen molar-refractivity contribution >= 4 is 27.5 Å². The molecule has 0 aliphatic rings. The first-order chi connectivity index (χ1) is 9.46. The van der Waals surface area contributed by atoms with Gasteiger partial charge in [-0.3, -0.25) is 4.79 Å². The Morgan fingerprint density at radius 2 is 1.76 bits per heavy atom. The van der Waals surface area contributed by atoms with Gasteiger partial charge in [0.05, 0.1) is 12.3 Å². The Labute approximate surface area is 131 Å². The summed E-state index contributed by atoms with van der Waals surface area (Å²) in [6.45, 7) is 5.60. The van der Waals surface area contributed by atoms with Crippen LogP contribution >= 0.6 is 11.6 Å². The molecular weight excluding hydrogens is 312 g/mol. The highest BCUT2D eigenvalue weighted by atomic mass is 35.5. The van der Waals surface area contributed by atoms with Crippen molar-refractivity contribution in [3.8, 4) is 0 Å². The van der Waals surface area contributed by atoms with Gasteiger partial charge >= 0.3 is 0 Å². The van der Waals surface area contributed by atoms with Gasteiger partial charge in [0.15, 0.2) is 0 Å². The summed E-state index contributed by atoms with van der Waals surface area (Å²) in [7, 11) is -3.43. The summed E-state index contributed by atoms with van der Waals surface area (Å²) in [5, 5.41) is 3.37. The zero-order valence-corrected chi connectivity index (χ0v) is 14.2. The van der Waals surface area contributed by atoms with E-state index >= 15 is 0 Å². The van der Waals surface area contributed by atoms with Gasteiger partial charge in [-0.05, 0) is 38.5 Å². The number of hydrogen-bond donors (Lipinski definition) is 2. The van der Waals surface area contributed by atoms with Crippen molar-refractivity contribution in [2.75, 3.05) is 6.26 Å². The van der Waals surface area contributed by atoms with E-state index in [0.29, 0.717) is 10.6 Å². The number of sulfonamides is 1. The Kier molecular flexibility index (Phi) is 5.78. The van der Waals surface area contributed by atoms with Gasteiger partial charge in [0.25, 0.3) is 0 Å². The van der Waals surface area contributed by atoms with Crippen LogP contribution in [0.2, 0.25) is 5.02 Å². The molecule has 0 aliphatic carbocycles. The molecule has 0 aromatic heterocycles. The molecule has 0 saturated carbocycles. The van der Waals surface area contributed by atoms with Gasteiger partial charge in [-0.15, -0.1) is 0 Å². The minimum absolute atomic E-state index is 0.0198. The molecule has 21 heavy (non-hydrogen) atoms. The number of halogens is 1. The van der Waals surface area contributed by atoms with Crippen molar-refractivity contribution < 1.29 is 13.2 Å². The van der Waals surface area contributed by atoms with E-state index in [1.807, 2.05) is 20.8 Å². The number of hydrogen-bond acceptors (Lipinski definition) is 3. The molecule has 0 saturated heterocycles. The van der Waals surface area contributed by atoms with Crippen LogP contribution in [0, 0.1) is 0 Å². The summed E-state index contributed by atoms with van der Waals surface area (Å²) < 4.78 is 25.4. The van der Waals surface area contributed by atoms with E-state index in [9.17, 15) is 13.2 Å². The standard InChI is InChI=1S/C14H21ClN2O3S/c1-14(2,3)16-13(18)9-12(17-21(4,19)20)10-5-7-11(15)8-6-10/h5-8,12,17H,9H2,1-4H3,(H,16,18)/t12-/m1/s1. The van der Waals surface area contributed by atoms with E-state index in [4.69, 9.17) is 11.6 Å². The molecule has 0 radical (unpaired) electrons. The number of rotatable bonds is 5. The van der Waals surface area contributed by atoms with Gasteiger partial charge < -0.3 is 5.32 Å². The first kappa shape index (κ1) is 17.9. The molecule has 1 rings (SSSR count). The van der Waals surface area contributed by atoms with Gasteiger partial charge in [-0.1, -0.05) is 23.7 Å². The molecule has 0 fully saturated rings. The maximum absolute atomic E-state index is 12.0. The van der Waals surface area contributed by atoms with Crippen molar-refractivity contribution in [2.24, 2.45) is 0 Å². The van der Waals surface area contributed by atoms with Crippen LogP contribution < -0.4 is 10.0 Å². The number of amides is 1. The molecule has 0 unspecified atom stereocenters. The maximum Gasteiger partial charge on any atom is 0.222 e. The second-order valence-corrected chi connectivity index (χ2v) is 8.21. The number of nitrogens with one attached hydrogen (secondary N) is 2. The van der Waals surface area contributed by atoms with Crippen LogP contribution in [0.1, 0.15) is 38.8 Å². The molecule has 2 N–H and O–H groups in total. The monoisotopic (exact) mass is 332 g/mol. The fourth-order valence-corrected chi connectivity index (χ4v) is 2.70. The minimum Gasteiger partial charge on any atom is -0.351 e. The second kappa shape index (κ2) is 6.77. The van der Waals surface area contributed by atoms with Gasteiger partial charge in [-0.25, -0.2) is 13.1 Å². The van der Waals surface area contributed by atoms with Crippen LogP contribution in [0.15, 0.2) is 24.3 Å². The predicted octanol–water partition coefficient (Wildman–Crippen LogP) is 2.24. The second-order valence-electron chi connectivity index (χ2n) is 6.00. The molecule has 5 nitrogen and oxygen atoms in total. The quantitative estimate of drug-likeness (QED) is 0.868. The van der Waals surface area contributed by atoms with Crippen molar-refractivity contribution in [1.82, 2.24) is 10.0 Å². The predicted molar refractivity (Wildman–Crippen MR) is 84.7 cm³/mol. The average Bonchev–Trinajstić information content (AvgIpc) is 2.24.